The minimum atomic E-state index is -0.530. The maximum Gasteiger partial charge on any atom is 0.240 e. The van der Waals surface area contributed by atoms with E-state index in [-0.39, 0.29) is 12.3 Å². The van der Waals surface area contributed by atoms with Gasteiger partial charge < -0.3 is 16.8 Å². The number of primary amides is 1. The van der Waals surface area contributed by atoms with Gasteiger partial charge in [0.25, 0.3) is 0 Å². The van der Waals surface area contributed by atoms with Gasteiger partial charge in [0, 0.05) is 13.0 Å². The Hall–Kier alpha value is -1.10. The van der Waals surface area contributed by atoms with E-state index >= 15 is 0 Å². The number of hydrogen-bond acceptors (Lipinski definition) is 3. The summed E-state index contributed by atoms with van der Waals surface area (Å²) in [6, 6.07) is -0.530. The van der Waals surface area contributed by atoms with Crippen molar-refractivity contribution in [2.75, 3.05) is 6.54 Å². The van der Waals surface area contributed by atoms with Gasteiger partial charge in [-0.2, -0.15) is 0 Å². The smallest absolute Gasteiger partial charge is 0.240 e. The predicted octanol–water partition coefficient (Wildman–Crippen LogP) is 0.276. The zero-order valence-corrected chi connectivity index (χ0v) is 10.3. The van der Waals surface area contributed by atoms with Crippen LogP contribution in [0.5, 0.6) is 0 Å². The fourth-order valence-corrected chi connectivity index (χ4v) is 2.40. The maximum atomic E-state index is 11.4. The molecule has 0 aliphatic heterocycles. The van der Waals surface area contributed by atoms with E-state index in [1.54, 1.807) is 0 Å². The molecule has 17 heavy (non-hydrogen) atoms. The lowest BCUT2D eigenvalue weighted by molar-refractivity contribution is -0.127. The second kappa shape index (κ2) is 7.27. The monoisotopic (exact) mass is 241 g/mol. The summed E-state index contributed by atoms with van der Waals surface area (Å²) in [5.41, 5.74) is 10.6. The summed E-state index contributed by atoms with van der Waals surface area (Å²) in [6.07, 6.45) is 6.89. The van der Waals surface area contributed by atoms with Crippen LogP contribution in [0, 0.1) is 5.92 Å². The van der Waals surface area contributed by atoms with Gasteiger partial charge in [-0.25, -0.2) is 0 Å². The van der Waals surface area contributed by atoms with E-state index in [1.807, 2.05) is 0 Å². The lowest BCUT2D eigenvalue weighted by Crippen LogP contribution is -2.46. The van der Waals surface area contributed by atoms with Crippen molar-refractivity contribution >= 4 is 11.8 Å². The molecule has 0 bridgehead atoms. The highest BCUT2D eigenvalue weighted by molar-refractivity contribution is 5.86. The van der Waals surface area contributed by atoms with E-state index in [1.165, 1.54) is 19.3 Å². The molecule has 1 fully saturated rings. The third-order valence-corrected chi connectivity index (χ3v) is 3.34. The zero-order valence-electron chi connectivity index (χ0n) is 10.3. The fraction of sp³-hybridized carbons (Fsp3) is 0.833. The van der Waals surface area contributed by atoms with Gasteiger partial charge in [0.15, 0.2) is 0 Å². The molecule has 0 aromatic rings. The highest BCUT2D eigenvalue weighted by atomic mass is 16.2. The number of hydrogen-bond donors (Lipinski definition) is 3. The zero-order chi connectivity index (χ0) is 12.7. The van der Waals surface area contributed by atoms with Crippen LogP contribution in [-0.2, 0) is 9.59 Å². The highest BCUT2D eigenvalue weighted by Crippen LogP contribution is 2.27. The van der Waals surface area contributed by atoms with Crippen molar-refractivity contribution < 1.29 is 9.59 Å². The molecule has 1 aliphatic carbocycles. The summed E-state index contributed by atoms with van der Waals surface area (Å²) in [4.78, 5) is 22.7. The van der Waals surface area contributed by atoms with Gasteiger partial charge in [-0.05, 0) is 12.3 Å². The van der Waals surface area contributed by atoms with Crippen molar-refractivity contribution in [2.45, 2.75) is 51.0 Å². The van der Waals surface area contributed by atoms with Crippen LogP contribution in [0.3, 0.4) is 0 Å². The first-order valence-electron chi connectivity index (χ1n) is 6.42. The number of nitrogens with two attached hydrogens (primary N) is 2. The van der Waals surface area contributed by atoms with E-state index in [0.717, 1.165) is 12.8 Å². The molecular formula is C12H23N3O2. The summed E-state index contributed by atoms with van der Waals surface area (Å²) < 4.78 is 0. The number of nitrogens with one attached hydrogen (secondary N) is 1. The Kier molecular flexibility index (Phi) is 5.97. The van der Waals surface area contributed by atoms with Gasteiger partial charge in [-0.15, -0.1) is 0 Å². The molecule has 1 aliphatic rings. The molecule has 0 saturated heterocycles. The molecule has 5 nitrogen and oxygen atoms in total. The van der Waals surface area contributed by atoms with Crippen LogP contribution in [0.2, 0.25) is 0 Å². The largest absolute Gasteiger partial charge is 0.368 e. The van der Waals surface area contributed by atoms with Gasteiger partial charge in [0.2, 0.25) is 11.8 Å². The molecule has 0 radical (unpaired) electrons. The van der Waals surface area contributed by atoms with E-state index in [2.05, 4.69) is 5.32 Å². The van der Waals surface area contributed by atoms with Crippen LogP contribution in [-0.4, -0.2) is 24.4 Å². The Morgan fingerprint density at radius 3 is 2.41 bits per heavy atom. The fourth-order valence-electron chi connectivity index (χ4n) is 2.40. The van der Waals surface area contributed by atoms with Crippen molar-refractivity contribution in [2.24, 2.45) is 17.4 Å². The summed E-state index contributed by atoms with van der Waals surface area (Å²) in [5.74, 6) is -0.118. The van der Waals surface area contributed by atoms with Gasteiger partial charge in [0.05, 0.1) is 0 Å². The van der Waals surface area contributed by atoms with Crippen molar-refractivity contribution in [1.82, 2.24) is 5.32 Å². The van der Waals surface area contributed by atoms with Gasteiger partial charge >= 0.3 is 0 Å². The van der Waals surface area contributed by atoms with E-state index in [4.69, 9.17) is 11.5 Å². The van der Waals surface area contributed by atoms with Gasteiger partial charge in [0.1, 0.15) is 6.04 Å². The van der Waals surface area contributed by atoms with E-state index in [9.17, 15) is 9.59 Å². The van der Waals surface area contributed by atoms with Crippen LogP contribution in [0.1, 0.15) is 44.9 Å². The average molecular weight is 241 g/mol. The summed E-state index contributed by atoms with van der Waals surface area (Å²) in [6.45, 7) is 0.292. The second-order valence-electron chi connectivity index (χ2n) is 4.80. The lowest BCUT2D eigenvalue weighted by Gasteiger charge is -2.25. The normalized spacial score (nSPS) is 18.6. The Labute approximate surface area is 102 Å². The minimum Gasteiger partial charge on any atom is -0.368 e. The first kappa shape index (κ1) is 14.0. The van der Waals surface area contributed by atoms with Gasteiger partial charge in [-0.1, -0.05) is 32.1 Å². The molecule has 98 valence electrons. The van der Waals surface area contributed by atoms with Crippen LogP contribution in [0.25, 0.3) is 0 Å². The van der Waals surface area contributed by atoms with Crippen LogP contribution < -0.4 is 16.8 Å². The number of carbonyl (C=O) groups is 2. The SMILES string of the molecule is NCCC(=O)N[C@H](CC1CCCCC1)C(N)=O. The summed E-state index contributed by atoms with van der Waals surface area (Å²) in [7, 11) is 0. The molecule has 1 rings (SSSR count). The van der Waals surface area contributed by atoms with Crippen molar-refractivity contribution in [3.8, 4) is 0 Å². The van der Waals surface area contributed by atoms with Gasteiger partial charge in [-0.3, -0.25) is 9.59 Å². The number of rotatable bonds is 6. The standard InChI is InChI=1S/C12H23N3O2/c13-7-6-11(16)15-10(12(14)17)8-9-4-2-1-3-5-9/h9-10H,1-8,13H2,(H2,14,17)(H,15,16)/t10-/m1/s1. The Morgan fingerprint density at radius 1 is 1.24 bits per heavy atom. The Balaban J connectivity index is 2.41. The average Bonchev–Trinajstić information content (AvgIpc) is 2.29. The summed E-state index contributed by atoms with van der Waals surface area (Å²) in [5, 5.41) is 2.67. The molecular weight excluding hydrogens is 218 g/mol. The quantitative estimate of drug-likeness (QED) is 0.622. The van der Waals surface area contributed by atoms with E-state index < -0.39 is 11.9 Å². The molecule has 0 unspecified atom stereocenters. The third kappa shape index (κ3) is 5.17. The summed E-state index contributed by atoms with van der Waals surface area (Å²) >= 11 is 0. The third-order valence-electron chi connectivity index (χ3n) is 3.34. The number of carbonyl (C=O) groups excluding carboxylic acids is 2. The maximum absolute atomic E-state index is 11.4. The molecule has 0 aromatic heterocycles. The molecule has 5 heteroatoms. The second-order valence-corrected chi connectivity index (χ2v) is 4.80. The highest BCUT2D eigenvalue weighted by Gasteiger charge is 2.23. The molecule has 5 N–H and O–H groups in total. The Bertz CT molecular complexity index is 262. The molecule has 2 amide bonds. The molecule has 0 heterocycles. The number of amides is 2. The topological polar surface area (TPSA) is 98.2 Å². The minimum absolute atomic E-state index is 0.188. The Morgan fingerprint density at radius 2 is 1.88 bits per heavy atom. The molecule has 0 aromatic carbocycles. The van der Waals surface area contributed by atoms with Crippen LogP contribution in [0.4, 0.5) is 0 Å². The molecule has 0 spiro atoms. The molecule has 1 atom stereocenters. The van der Waals surface area contributed by atoms with Crippen LogP contribution in [0.15, 0.2) is 0 Å². The predicted molar refractivity (Wildman–Crippen MR) is 66.0 cm³/mol. The van der Waals surface area contributed by atoms with Crippen LogP contribution >= 0.6 is 0 Å². The first-order valence-corrected chi connectivity index (χ1v) is 6.42. The van der Waals surface area contributed by atoms with Crippen molar-refractivity contribution in [1.29, 1.82) is 0 Å². The van der Waals surface area contributed by atoms with E-state index in [0.29, 0.717) is 18.9 Å². The van der Waals surface area contributed by atoms with Crippen molar-refractivity contribution in [3.05, 3.63) is 0 Å². The first-order chi connectivity index (χ1) is 8.13. The van der Waals surface area contributed by atoms with Crippen molar-refractivity contribution in [3.63, 3.8) is 0 Å². The lowest BCUT2D eigenvalue weighted by atomic mass is 9.84. The molecule has 1 saturated carbocycles.